The van der Waals surface area contributed by atoms with Crippen LogP contribution in [0.3, 0.4) is 0 Å². The third-order valence-corrected chi connectivity index (χ3v) is 4.58. The summed E-state index contributed by atoms with van der Waals surface area (Å²) in [6, 6.07) is 0. The van der Waals surface area contributed by atoms with Gasteiger partial charge in [-0.15, -0.1) is 5.53 Å². The number of nitrogens with one attached hydrogen (secondary N) is 2. The zero-order chi connectivity index (χ0) is 20.6. The molecular formula is C19H31N5O3S. The summed E-state index contributed by atoms with van der Waals surface area (Å²) in [5.41, 5.74) is 7.96. The molecule has 2 heterocycles. The van der Waals surface area contributed by atoms with Gasteiger partial charge in [-0.25, -0.2) is 9.97 Å². The Kier molecular flexibility index (Phi) is 8.23. The third kappa shape index (κ3) is 7.38. The van der Waals surface area contributed by atoms with Crippen LogP contribution in [0.4, 0.5) is 0 Å². The minimum atomic E-state index is -0.136. The Morgan fingerprint density at radius 2 is 1.75 bits per heavy atom. The van der Waals surface area contributed by atoms with Gasteiger partial charge in [0.05, 0.1) is 25.5 Å². The van der Waals surface area contributed by atoms with Crippen LogP contribution in [0.25, 0.3) is 5.70 Å². The Morgan fingerprint density at radius 3 is 2.39 bits per heavy atom. The summed E-state index contributed by atoms with van der Waals surface area (Å²) >= 11 is 1.52. The summed E-state index contributed by atoms with van der Waals surface area (Å²) in [7, 11) is 0. The van der Waals surface area contributed by atoms with Gasteiger partial charge >= 0.3 is 0 Å². The number of hydrazine groups is 2. The Balaban J connectivity index is 1.81. The molecule has 1 aliphatic rings. The first kappa shape index (κ1) is 22.6. The normalized spacial score (nSPS) is 14.8. The van der Waals surface area contributed by atoms with Crippen molar-refractivity contribution in [1.29, 1.82) is 0 Å². The van der Waals surface area contributed by atoms with Gasteiger partial charge in [0.15, 0.2) is 5.16 Å². The lowest BCUT2D eigenvalue weighted by Crippen LogP contribution is -2.43. The number of aldehydes is 1. The molecule has 8 nitrogen and oxygen atoms in total. The topological polar surface area (TPSA) is 88.6 Å². The van der Waals surface area contributed by atoms with E-state index in [0.29, 0.717) is 19.8 Å². The maximum absolute atomic E-state index is 10.4. The van der Waals surface area contributed by atoms with Gasteiger partial charge < -0.3 is 19.7 Å². The molecular weight excluding hydrogens is 378 g/mol. The summed E-state index contributed by atoms with van der Waals surface area (Å²) in [5, 5.41) is 2.75. The average molecular weight is 410 g/mol. The van der Waals surface area contributed by atoms with E-state index in [1.165, 1.54) is 11.8 Å². The van der Waals surface area contributed by atoms with Crippen LogP contribution < -0.4 is 11.0 Å². The van der Waals surface area contributed by atoms with Crippen LogP contribution in [0.2, 0.25) is 0 Å². The fourth-order valence-corrected chi connectivity index (χ4v) is 3.00. The molecule has 0 saturated carbocycles. The quantitative estimate of drug-likeness (QED) is 0.233. The summed E-state index contributed by atoms with van der Waals surface area (Å²) in [6.45, 7) is 11.0. The van der Waals surface area contributed by atoms with Gasteiger partial charge in [0.2, 0.25) is 0 Å². The van der Waals surface area contributed by atoms with Crippen LogP contribution in [0, 0.1) is 10.8 Å². The summed E-state index contributed by atoms with van der Waals surface area (Å²) in [6.07, 6.45) is 8.35. The van der Waals surface area contributed by atoms with E-state index in [4.69, 9.17) is 9.47 Å². The third-order valence-electron chi connectivity index (χ3n) is 4.00. The first-order valence-electron chi connectivity index (χ1n) is 9.20. The largest absolute Gasteiger partial charge is 0.380 e. The van der Waals surface area contributed by atoms with Crippen molar-refractivity contribution in [2.75, 3.05) is 39.2 Å². The number of rotatable bonds is 12. The van der Waals surface area contributed by atoms with Crippen LogP contribution in [-0.4, -0.2) is 60.5 Å². The molecule has 2 N–H and O–H groups in total. The fraction of sp³-hybridized carbons (Fsp3) is 0.632. The molecule has 0 amide bonds. The van der Waals surface area contributed by atoms with Crippen molar-refractivity contribution in [3.8, 4) is 0 Å². The van der Waals surface area contributed by atoms with Crippen molar-refractivity contribution in [2.45, 2.75) is 32.9 Å². The molecule has 9 heteroatoms. The van der Waals surface area contributed by atoms with Crippen LogP contribution in [-0.2, 0) is 14.3 Å². The van der Waals surface area contributed by atoms with E-state index in [0.717, 1.165) is 29.2 Å². The summed E-state index contributed by atoms with van der Waals surface area (Å²) in [5.74, 6) is 0. The second-order valence-corrected chi connectivity index (χ2v) is 9.14. The molecule has 0 unspecified atom stereocenters. The first-order chi connectivity index (χ1) is 13.2. The van der Waals surface area contributed by atoms with E-state index < -0.39 is 0 Å². The molecule has 1 aromatic rings. The lowest BCUT2D eigenvalue weighted by molar-refractivity contribution is -0.113. The highest BCUT2D eigenvalue weighted by Crippen LogP contribution is 2.23. The van der Waals surface area contributed by atoms with Gasteiger partial charge in [-0.2, -0.15) is 0 Å². The van der Waals surface area contributed by atoms with Crippen molar-refractivity contribution >= 4 is 23.7 Å². The molecule has 2 rings (SSSR count). The van der Waals surface area contributed by atoms with E-state index in [-0.39, 0.29) is 17.4 Å². The van der Waals surface area contributed by atoms with Gasteiger partial charge in [-0.05, 0) is 6.26 Å². The Bertz CT molecular complexity index is 664. The molecule has 0 aliphatic carbocycles. The molecule has 0 spiro atoms. The number of thioether (sulfide) groups is 1. The molecule has 0 fully saturated rings. The minimum Gasteiger partial charge on any atom is -0.380 e. The molecule has 156 valence electrons. The summed E-state index contributed by atoms with van der Waals surface area (Å²) in [4.78, 5) is 19.0. The highest BCUT2D eigenvalue weighted by atomic mass is 32.2. The van der Waals surface area contributed by atoms with Crippen LogP contribution in [0.15, 0.2) is 23.8 Å². The number of carbonyl (C=O) groups excluding carboxylic acids is 1. The second-order valence-electron chi connectivity index (χ2n) is 8.37. The van der Waals surface area contributed by atoms with Gasteiger partial charge in [0.25, 0.3) is 0 Å². The van der Waals surface area contributed by atoms with Crippen molar-refractivity contribution < 1.29 is 14.3 Å². The number of hydrogen-bond donors (Lipinski definition) is 2. The molecule has 0 atom stereocenters. The molecule has 28 heavy (non-hydrogen) atoms. The monoisotopic (exact) mass is 409 g/mol. The number of hydrogen-bond acceptors (Lipinski definition) is 9. The van der Waals surface area contributed by atoms with Crippen LogP contribution >= 0.6 is 11.8 Å². The predicted molar refractivity (Wildman–Crippen MR) is 110 cm³/mol. The number of nitrogens with zero attached hydrogens (tertiary/aromatic N) is 3. The Morgan fingerprint density at radius 1 is 1.11 bits per heavy atom. The Hall–Kier alpha value is -1.68. The van der Waals surface area contributed by atoms with E-state index >= 15 is 0 Å². The summed E-state index contributed by atoms with van der Waals surface area (Å²) < 4.78 is 11.3. The van der Waals surface area contributed by atoms with Gasteiger partial charge in [0.1, 0.15) is 12.9 Å². The van der Waals surface area contributed by atoms with Crippen molar-refractivity contribution in [2.24, 2.45) is 10.8 Å². The van der Waals surface area contributed by atoms with Gasteiger partial charge in [-0.1, -0.05) is 39.5 Å². The number of carbonyl (C=O) groups is 1. The molecule has 1 aromatic heterocycles. The number of aromatic nitrogens is 2. The maximum atomic E-state index is 10.4. The molecule has 0 aromatic carbocycles. The van der Waals surface area contributed by atoms with E-state index in [9.17, 15) is 4.79 Å². The number of ether oxygens (including phenoxy) is 2. The predicted octanol–water partition coefficient (Wildman–Crippen LogP) is 2.11. The smallest absolute Gasteiger partial charge is 0.187 e. The molecule has 0 saturated heterocycles. The second kappa shape index (κ2) is 10.2. The maximum Gasteiger partial charge on any atom is 0.187 e. The van der Waals surface area contributed by atoms with Crippen LogP contribution in [0.5, 0.6) is 0 Å². The molecule has 0 bridgehead atoms. The highest BCUT2D eigenvalue weighted by molar-refractivity contribution is 7.98. The highest BCUT2D eigenvalue weighted by Gasteiger charge is 2.26. The van der Waals surface area contributed by atoms with E-state index in [1.807, 2.05) is 29.9 Å². The van der Waals surface area contributed by atoms with E-state index in [1.54, 1.807) is 0 Å². The standard InChI is InChI=1S/C19H31N5O3S/c1-18(2,12-27-14-19(3,4)13-26-7-6-25)11-24-10-16(22-23-24)15-8-20-17(28-5)21-9-15/h6,8-10,22-23H,7,11-14H2,1-5H3. The van der Waals surface area contributed by atoms with Crippen molar-refractivity contribution in [3.63, 3.8) is 0 Å². The van der Waals surface area contributed by atoms with E-state index in [2.05, 4.69) is 48.6 Å². The van der Waals surface area contributed by atoms with Crippen molar-refractivity contribution in [3.05, 3.63) is 24.2 Å². The van der Waals surface area contributed by atoms with Gasteiger partial charge in [-0.3, -0.25) is 5.01 Å². The SMILES string of the molecule is CSc1ncc(C2=CN(CC(C)(C)COCC(C)(C)COCC=O)NN2)cn1. The lowest BCUT2D eigenvalue weighted by Gasteiger charge is -2.31. The Labute approximate surface area is 171 Å². The van der Waals surface area contributed by atoms with Gasteiger partial charge in [0, 0.05) is 41.5 Å². The minimum absolute atomic E-state index is 0.0699. The average Bonchev–Trinajstić information content (AvgIpc) is 3.09. The molecule has 0 radical (unpaired) electrons. The lowest BCUT2D eigenvalue weighted by atomic mass is 9.93. The fourth-order valence-electron chi connectivity index (χ4n) is 2.68. The molecule has 1 aliphatic heterocycles. The zero-order valence-electron chi connectivity index (χ0n) is 17.3. The van der Waals surface area contributed by atoms with Crippen molar-refractivity contribution in [1.82, 2.24) is 25.9 Å². The zero-order valence-corrected chi connectivity index (χ0v) is 18.1. The van der Waals surface area contributed by atoms with Crippen LogP contribution in [0.1, 0.15) is 33.3 Å². The first-order valence-corrected chi connectivity index (χ1v) is 10.4.